The van der Waals surface area contributed by atoms with Crippen molar-refractivity contribution in [2.24, 2.45) is 20.5 Å². The van der Waals surface area contributed by atoms with Gasteiger partial charge < -0.3 is 14.9 Å². The van der Waals surface area contributed by atoms with E-state index in [-0.39, 0.29) is 104 Å². The fourth-order valence-electron chi connectivity index (χ4n) is 5.17. The van der Waals surface area contributed by atoms with E-state index in [9.17, 15) is 36.2 Å². The molecule has 0 radical (unpaired) electrons. The van der Waals surface area contributed by atoms with Gasteiger partial charge in [-0.25, -0.2) is 0 Å². The molecule has 6 rings (SSSR count). The number of benzene rings is 6. The Morgan fingerprint density at radius 1 is 0.569 bits per heavy atom. The van der Waals surface area contributed by atoms with Crippen molar-refractivity contribution < 1.29 is 100 Å². The summed E-state index contributed by atoms with van der Waals surface area (Å²) in [4.78, 5) is -0.915. The smallest absolute Gasteiger partial charge is 0.871 e. The number of hydrogen-bond donors (Lipinski definition) is 2. The van der Waals surface area contributed by atoms with Gasteiger partial charge in [0.25, 0.3) is 20.2 Å². The third kappa shape index (κ3) is 8.67. The number of ether oxygens (including phenoxy) is 1. The number of rotatable bonds is 9. The molecule has 6 aromatic carbocycles. The van der Waals surface area contributed by atoms with Crippen molar-refractivity contribution in [3.05, 3.63) is 103 Å². The molecule has 13 nitrogen and oxygen atoms in total. The van der Waals surface area contributed by atoms with Crippen molar-refractivity contribution in [1.29, 1.82) is 0 Å². The molecule has 0 saturated carbocycles. The molecule has 0 bridgehead atoms. The summed E-state index contributed by atoms with van der Waals surface area (Å²) in [6, 6.07) is 25.7. The average molecular weight is 743 g/mol. The second-order valence-electron chi connectivity index (χ2n) is 10.5. The van der Waals surface area contributed by atoms with E-state index in [1.165, 1.54) is 24.3 Å². The molecule has 17 heteroatoms. The first-order valence-electron chi connectivity index (χ1n) is 14.5. The van der Waals surface area contributed by atoms with Crippen LogP contribution in [0.15, 0.2) is 133 Å². The SMILES string of the molecule is CCOc1cc(-c2ccc(N=Nc3cc(S(=O)(=O)O)c4ccccc4c3[O-])cc2)ccc1N=Nc1cc(S(=O)(=O)O)c2ccccc2c1[O-].[Na+].[Na+]. The van der Waals surface area contributed by atoms with Gasteiger partial charge in [-0.1, -0.05) is 78.2 Å². The van der Waals surface area contributed by atoms with Crippen LogP contribution >= 0.6 is 0 Å². The van der Waals surface area contributed by atoms with Crippen molar-refractivity contribution in [3.8, 4) is 28.4 Å². The summed E-state index contributed by atoms with van der Waals surface area (Å²) in [6.07, 6.45) is 0. The van der Waals surface area contributed by atoms with Crippen LogP contribution in [0.3, 0.4) is 0 Å². The second-order valence-corrected chi connectivity index (χ2v) is 13.3. The molecule has 248 valence electrons. The van der Waals surface area contributed by atoms with Crippen LogP contribution in [0.5, 0.6) is 17.2 Å². The average Bonchev–Trinajstić information content (AvgIpc) is 3.07. The van der Waals surface area contributed by atoms with Gasteiger partial charge in [0.15, 0.2) is 0 Å². The third-order valence-corrected chi connectivity index (χ3v) is 9.22. The molecule has 0 aliphatic heterocycles. The standard InChI is InChI=1S/C34H26N4O9S2.2Na/c1-2-47-30-17-21(13-16-27(30)36-38-29-19-32(49(44,45)46)24-8-4-6-10-26(24)34(29)40)20-11-14-22(15-12-20)35-37-28-18-31(48(41,42)43)23-7-3-5-9-25(23)33(28)39;;/h3-19,39-40H,2H2,1H3,(H,41,42,43)(H,44,45,46);;/q;2*+1/p-2. The van der Waals surface area contributed by atoms with Crippen LogP contribution in [0, 0.1) is 0 Å². The van der Waals surface area contributed by atoms with Gasteiger partial charge in [0.2, 0.25) is 0 Å². The topological polar surface area (TPSA) is 214 Å². The zero-order chi connectivity index (χ0) is 34.9. The Balaban J connectivity index is 0.00000292. The maximum atomic E-state index is 13.0. The van der Waals surface area contributed by atoms with Gasteiger partial charge in [0.1, 0.15) is 21.2 Å². The van der Waals surface area contributed by atoms with E-state index in [4.69, 9.17) is 4.74 Å². The predicted octanol–water partition coefficient (Wildman–Crippen LogP) is 1.54. The monoisotopic (exact) mass is 742 g/mol. The van der Waals surface area contributed by atoms with E-state index >= 15 is 0 Å². The van der Waals surface area contributed by atoms with Gasteiger partial charge in [0.05, 0.1) is 23.7 Å². The van der Waals surface area contributed by atoms with Crippen molar-refractivity contribution >= 4 is 64.5 Å². The zero-order valence-electron chi connectivity index (χ0n) is 27.4. The maximum Gasteiger partial charge on any atom is 1.00 e. The summed E-state index contributed by atoms with van der Waals surface area (Å²) < 4.78 is 73.2. The predicted molar refractivity (Wildman–Crippen MR) is 178 cm³/mol. The van der Waals surface area contributed by atoms with Crippen LogP contribution in [0.4, 0.5) is 22.7 Å². The van der Waals surface area contributed by atoms with Crippen molar-refractivity contribution in [1.82, 2.24) is 0 Å². The molecule has 0 unspecified atom stereocenters. The molecule has 0 aromatic heterocycles. The maximum absolute atomic E-state index is 13.0. The summed E-state index contributed by atoms with van der Waals surface area (Å²) >= 11 is 0. The Bertz CT molecular complexity index is 2550. The minimum absolute atomic E-state index is 0. The number of fused-ring (bicyclic) bond motifs is 2. The summed E-state index contributed by atoms with van der Waals surface area (Å²) in [7, 11) is -9.31. The summed E-state index contributed by atoms with van der Waals surface area (Å²) in [5, 5.41) is 42.4. The molecule has 2 N–H and O–H groups in total. The van der Waals surface area contributed by atoms with Crippen molar-refractivity contribution in [3.63, 3.8) is 0 Å². The largest absolute Gasteiger partial charge is 1.00 e. The van der Waals surface area contributed by atoms with E-state index in [0.29, 0.717) is 17.0 Å². The van der Waals surface area contributed by atoms with Gasteiger partial charge in [-0.05, 0) is 65.2 Å². The van der Waals surface area contributed by atoms with Gasteiger partial charge in [-0.3, -0.25) is 9.11 Å². The number of azo groups is 2. The molecule has 0 amide bonds. The van der Waals surface area contributed by atoms with Crippen LogP contribution < -0.4 is 74.1 Å². The molecular weight excluding hydrogens is 719 g/mol. The fourth-order valence-corrected chi connectivity index (χ4v) is 6.60. The normalized spacial score (nSPS) is 11.9. The van der Waals surface area contributed by atoms with E-state index in [1.54, 1.807) is 73.7 Å². The van der Waals surface area contributed by atoms with Crippen LogP contribution in [0.25, 0.3) is 32.7 Å². The quantitative estimate of drug-likeness (QED) is 0.125. The fraction of sp³-hybridized carbons (Fsp3) is 0.0588. The van der Waals surface area contributed by atoms with Crippen LogP contribution in [-0.4, -0.2) is 32.5 Å². The van der Waals surface area contributed by atoms with E-state index in [0.717, 1.165) is 17.7 Å². The van der Waals surface area contributed by atoms with E-state index < -0.39 is 41.5 Å². The van der Waals surface area contributed by atoms with Crippen LogP contribution in [-0.2, 0) is 20.2 Å². The Hall–Kier alpha value is -3.74. The summed E-state index contributed by atoms with van der Waals surface area (Å²) in [6.45, 7) is 2.05. The summed E-state index contributed by atoms with van der Waals surface area (Å²) in [5.41, 5.74) is 1.51. The molecule has 6 aromatic rings. The molecule has 0 saturated heterocycles. The van der Waals surface area contributed by atoms with E-state index in [1.807, 2.05) is 0 Å². The minimum atomic E-state index is -4.67. The van der Waals surface area contributed by atoms with Gasteiger partial charge in [-0.2, -0.15) is 32.2 Å². The Morgan fingerprint density at radius 3 is 1.47 bits per heavy atom. The van der Waals surface area contributed by atoms with Gasteiger partial charge >= 0.3 is 59.1 Å². The first-order chi connectivity index (χ1) is 23.3. The molecule has 51 heavy (non-hydrogen) atoms. The van der Waals surface area contributed by atoms with Crippen LogP contribution in [0.2, 0.25) is 0 Å². The number of hydrogen-bond acceptors (Lipinski definition) is 11. The molecule has 0 aliphatic rings. The minimum Gasteiger partial charge on any atom is -0.871 e. The van der Waals surface area contributed by atoms with Crippen LogP contribution in [0.1, 0.15) is 6.92 Å². The molecule has 0 fully saturated rings. The van der Waals surface area contributed by atoms with Gasteiger partial charge in [0, 0.05) is 10.8 Å². The number of nitrogens with zero attached hydrogens (tertiary/aromatic N) is 4. The Morgan fingerprint density at radius 2 is 1.00 bits per heavy atom. The third-order valence-electron chi connectivity index (χ3n) is 7.43. The first-order valence-corrected chi connectivity index (χ1v) is 17.3. The van der Waals surface area contributed by atoms with Gasteiger partial charge in [-0.15, -0.1) is 5.11 Å². The first kappa shape index (κ1) is 40.0. The molecule has 0 aliphatic carbocycles. The molecule has 0 atom stereocenters. The summed E-state index contributed by atoms with van der Waals surface area (Å²) in [5.74, 6) is -0.788. The second kappa shape index (κ2) is 16.3. The molecule has 0 spiro atoms. The Kier molecular flexibility index (Phi) is 12.8. The molecular formula is C34H24N4Na2O9S2. The zero-order valence-corrected chi connectivity index (χ0v) is 33.0. The Labute approximate surface area is 336 Å². The molecule has 0 heterocycles. The van der Waals surface area contributed by atoms with Crippen molar-refractivity contribution in [2.75, 3.05) is 6.61 Å². The van der Waals surface area contributed by atoms with E-state index in [2.05, 4.69) is 20.5 Å². The van der Waals surface area contributed by atoms with Crippen molar-refractivity contribution in [2.45, 2.75) is 16.7 Å².